The molecule has 1 heterocycles. The molecule has 1 aromatic heterocycles. The average Bonchev–Trinajstić information content (AvgIpc) is 3.28. The summed E-state index contributed by atoms with van der Waals surface area (Å²) in [5.74, 6) is -0.169. The van der Waals surface area contributed by atoms with Crippen LogP contribution in [0.2, 0.25) is 0 Å². The Morgan fingerprint density at radius 3 is 2.51 bits per heavy atom. The number of fused-ring (bicyclic) bond motifs is 1. The average molecular weight is 593 g/mol. The van der Waals surface area contributed by atoms with Crippen molar-refractivity contribution in [1.82, 2.24) is 0 Å². The number of thiophene rings is 1. The molecule has 41 heavy (non-hydrogen) atoms. The van der Waals surface area contributed by atoms with Crippen LogP contribution in [0.1, 0.15) is 84.2 Å². The lowest BCUT2D eigenvalue weighted by Gasteiger charge is -2.33. The minimum absolute atomic E-state index is 0.150. The van der Waals surface area contributed by atoms with Gasteiger partial charge in [0.2, 0.25) is 5.91 Å². The predicted octanol–water partition coefficient (Wildman–Crippen LogP) is 8.15. The SMILES string of the molecule is CCOC(=O)c1c(NC(=O)C(CC)Sc2cccc(NC(=O)c3ccccc3C)c2)sc2c1CCC(C(C)(C)C)C2. The Kier molecular flexibility index (Phi) is 9.97. The molecule has 0 saturated heterocycles. The molecule has 0 spiro atoms. The molecule has 2 unspecified atom stereocenters. The maximum atomic E-state index is 13.6. The number of benzene rings is 2. The minimum Gasteiger partial charge on any atom is -0.462 e. The Bertz CT molecular complexity index is 1420. The summed E-state index contributed by atoms with van der Waals surface area (Å²) in [5, 5.41) is 6.27. The number of rotatable bonds is 9. The molecule has 2 aromatic carbocycles. The maximum Gasteiger partial charge on any atom is 0.341 e. The van der Waals surface area contributed by atoms with E-state index in [0.717, 1.165) is 35.3 Å². The maximum absolute atomic E-state index is 13.6. The van der Waals surface area contributed by atoms with Gasteiger partial charge in [0, 0.05) is 21.0 Å². The summed E-state index contributed by atoms with van der Waals surface area (Å²) >= 11 is 2.96. The van der Waals surface area contributed by atoms with Crippen molar-refractivity contribution < 1.29 is 19.1 Å². The first-order valence-corrected chi connectivity index (χ1v) is 16.0. The molecule has 8 heteroatoms. The topological polar surface area (TPSA) is 84.5 Å². The van der Waals surface area contributed by atoms with Crippen molar-refractivity contribution in [2.24, 2.45) is 11.3 Å². The number of hydrogen-bond acceptors (Lipinski definition) is 6. The Balaban J connectivity index is 1.51. The van der Waals surface area contributed by atoms with E-state index in [-0.39, 0.29) is 35.1 Å². The third-order valence-electron chi connectivity index (χ3n) is 7.63. The second-order valence-corrected chi connectivity index (χ2v) is 13.9. The van der Waals surface area contributed by atoms with Gasteiger partial charge in [-0.25, -0.2) is 4.79 Å². The van der Waals surface area contributed by atoms with Crippen molar-refractivity contribution >= 4 is 51.6 Å². The smallest absolute Gasteiger partial charge is 0.341 e. The van der Waals surface area contributed by atoms with E-state index in [1.165, 1.54) is 28.0 Å². The van der Waals surface area contributed by atoms with Gasteiger partial charge in [0.05, 0.1) is 17.4 Å². The van der Waals surface area contributed by atoms with Crippen LogP contribution in [-0.2, 0) is 22.4 Å². The van der Waals surface area contributed by atoms with Crippen LogP contribution in [0.3, 0.4) is 0 Å². The normalized spacial score (nSPS) is 15.5. The lowest BCUT2D eigenvalue weighted by atomic mass is 9.72. The number of aryl methyl sites for hydroxylation is 1. The van der Waals surface area contributed by atoms with Gasteiger partial charge in [-0.3, -0.25) is 9.59 Å². The van der Waals surface area contributed by atoms with E-state index in [1.54, 1.807) is 13.0 Å². The number of carbonyl (C=O) groups excluding carboxylic acids is 3. The molecule has 0 saturated carbocycles. The van der Waals surface area contributed by atoms with Crippen LogP contribution in [0.15, 0.2) is 53.4 Å². The first-order chi connectivity index (χ1) is 19.5. The third-order valence-corrected chi connectivity index (χ3v) is 10.2. The van der Waals surface area contributed by atoms with Crippen molar-refractivity contribution in [3.63, 3.8) is 0 Å². The van der Waals surface area contributed by atoms with E-state index in [4.69, 9.17) is 4.74 Å². The summed E-state index contributed by atoms with van der Waals surface area (Å²) in [6.07, 6.45) is 3.32. The fourth-order valence-corrected chi connectivity index (χ4v) is 7.52. The fourth-order valence-electron chi connectivity index (χ4n) is 5.18. The van der Waals surface area contributed by atoms with Crippen molar-refractivity contribution in [3.8, 4) is 0 Å². The van der Waals surface area contributed by atoms with E-state index in [0.29, 0.717) is 34.2 Å². The fraction of sp³-hybridized carbons (Fsp3) is 0.424. The van der Waals surface area contributed by atoms with E-state index in [9.17, 15) is 14.4 Å². The van der Waals surface area contributed by atoms with Crippen LogP contribution in [0.4, 0.5) is 10.7 Å². The highest BCUT2D eigenvalue weighted by molar-refractivity contribution is 8.00. The quantitative estimate of drug-likeness (QED) is 0.194. The molecule has 1 aliphatic carbocycles. The summed E-state index contributed by atoms with van der Waals surface area (Å²) in [5.41, 5.74) is 3.93. The van der Waals surface area contributed by atoms with Gasteiger partial charge in [-0.1, -0.05) is 52.0 Å². The molecular weight excluding hydrogens is 553 g/mol. The van der Waals surface area contributed by atoms with Crippen LogP contribution < -0.4 is 10.6 Å². The van der Waals surface area contributed by atoms with Gasteiger partial charge in [0.1, 0.15) is 5.00 Å². The Morgan fingerprint density at radius 1 is 1.07 bits per heavy atom. The number of carbonyl (C=O) groups is 3. The lowest BCUT2D eigenvalue weighted by Crippen LogP contribution is -2.27. The number of esters is 1. The molecule has 3 aromatic rings. The summed E-state index contributed by atoms with van der Waals surface area (Å²) < 4.78 is 5.41. The van der Waals surface area contributed by atoms with Gasteiger partial charge < -0.3 is 15.4 Å². The molecule has 6 nitrogen and oxygen atoms in total. The van der Waals surface area contributed by atoms with E-state index >= 15 is 0 Å². The summed E-state index contributed by atoms with van der Waals surface area (Å²) in [7, 11) is 0. The predicted molar refractivity (Wildman–Crippen MR) is 169 cm³/mol. The molecule has 218 valence electrons. The molecule has 2 N–H and O–H groups in total. The van der Waals surface area contributed by atoms with Gasteiger partial charge >= 0.3 is 5.97 Å². The highest BCUT2D eigenvalue weighted by atomic mass is 32.2. The number of thioether (sulfide) groups is 1. The minimum atomic E-state index is -0.381. The summed E-state index contributed by atoms with van der Waals surface area (Å²) in [6.45, 7) is 12.7. The molecule has 2 amide bonds. The van der Waals surface area contributed by atoms with Crippen molar-refractivity contribution in [2.75, 3.05) is 17.2 Å². The van der Waals surface area contributed by atoms with E-state index in [2.05, 4.69) is 31.4 Å². The Morgan fingerprint density at radius 2 is 1.83 bits per heavy atom. The van der Waals surface area contributed by atoms with E-state index < -0.39 is 0 Å². The zero-order valence-corrected chi connectivity index (χ0v) is 26.4. The first-order valence-electron chi connectivity index (χ1n) is 14.3. The Hall–Kier alpha value is -3.10. The second-order valence-electron chi connectivity index (χ2n) is 11.5. The molecule has 0 aliphatic heterocycles. The largest absolute Gasteiger partial charge is 0.462 e. The first kappa shape index (κ1) is 30.8. The van der Waals surface area contributed by atoms with Gasteiger partial charge in [0.25, 0.3) is 5.91 Å². The number of amides is 2. The van der Waals surface area contributed by atoms with Crippen LogP contribution >= 0.6 is 23.1 Å². The van der Waals surface area contributed by atoms with Crippen LogP contribution in [0.5, 0.6) is 0 Å². The monoisotopic (exact) mass is 592 g/mol. The molecule has 1 aliphatic rings. The number of ether oxygens (including phenoxy) is 1. The number of nitrogens with one attached hydrogen (secondary N) is 2. The molecule has 0 fully saturated rings. The number of hydrogen-bond donors (Lipinski definition) is 2. The van der Waals surface area contributed by atoms with Crippen molar-refractivity contribution in [1.29, 1.82) is 0 Å². The molecule has 2 atom stereocenters. The molecule has 0 radical (unpaired) electrons. The third kappa shape index (κ3) is 7.41. The number of anilines is 2. The zero-order chi connectivity index (χ0) is 29.7. The lowest BCUT2D eigenvalue weighted by molar-refractivity contribution is -0.115. The van der Waals surface area contributed by atoms with Crippen LogP contribution in [0.25, 0.3) is 0 Å². The Labute approximate surface area is 251 Å². The van der Waals surface area contributed by atoms with Gasteiger partial charge in [0.15, 0.2) is 0 Å². The molecular formula is C33H40N2O4S2. The standard InChI is InChI=1S/C33H40N2O4S2/c1-7-26(40-23-14-11-13-22(19-23)34-29(36)24-15-10-9-12-20(24)3)30(37)35-31-28(32(38)39-8-2)25-17-16-21(33(4,5)6)18-27(25)41-31/h9-15,19,21,26H,7-8,16-18H2,1-6H3,(H,34,36)(H,35,37). The van der Waals surface area contributed by atoms with Crippen molar-refractivity contribution in [2.45, 2.75) is 77.4 Å². The van der Waals surface area contributed by atoms with Crippen molar-refractivity contribution in [3.05, 3.63) is 75.7 Å². The second kappa shape index (κ2) is 13.3. The summed E-state index contributed by atoms with van der Waals surface area (Å²) in [4.78, 5) is 41.4. The van der Waals surface area contributed by atoms with Crippen LogP contribution in [-0.4, -0.2) is 29.6 Å². The molecule has 4 rings (SSSR count). The van der Waals surface area contributed by atoms with Gasteiger partial charge in [-0.2, -0.15) is 0 Å². The van der Waals surface area contributed by atoms with E-state index in [1.807, 2.05) is 56.3 Å². The molecule has 0 bridgehead atoms. The van der Waals surface area contributed by atoms with Gasteiger partial charge in [-0.15, -0.1) is 23.1 Å². The highest BCUT2D eigenvalue weighted by Gasteiger charge is 2.35. The van der Waals surface area contributed by atoms with Gasteiger partial charge in [-0.05, 0) is 86.3 Å². The zero-order valence-electron chi connectivity index (χ0n) is 24.8. The van der Waals surface area contributed by atoms with Crippen LogP contribution in [0, 0.1) is 18.3 Å². The highest BCUT2D eigenvalue weighted by Crippen LogP contribution is 2.45. The summed E-state index contributed by atoms with van der Waals surface area (Å²) in [6, 6.07) is 15.0.